The molecule has 0 aromatic heterocycles. The van der Waals surface area contributed by atoms with E-state index in [1.807, 2.05) is 12.1 Å². The Morgan fingerprint density at radius 3 is 2.84 bits per heavy atom. The fourth-order valence-electron chi connectivity index (χ4n) is 4.05. The normalized spacial score (nSPS) is 24.7. The Hall–Kier alpha value is -2.57. The molecule has 0 spiro atoms. The highest BCUT2D eigenvalue weighted by molar-refractivity contribution is 5.88. The molecule has 0 bridgehead atoms. The molecule has 7 heteroatoms. The molecule has 134 valence electrons. The largest absolute Gasteiger partial charge is 0.481 e. The summed E-state index contributed by atoms with van der Waals surface area (Å²) in [6.07, 6.45) is 2.44. The lowest BCUT2D eigenvalue weighted by Gasteiger charge is -2.23. The fraction of sp³-hybridized carbons (Fsp3) is 0.500. The Labute approximate surface area is 146 Å². The second-order valence-corrected chi connectivity index (χ2v) is 6.97. The highest BCUT2D eigenvalue weighted by Crippen LogP contribution is 2.48. The molecule has 1 aliphatic heterocycles. The minimum absolute atomic E-state index is 0.0545. The monoisotopic (exact) mass is 345 g/mol. The molecule has 2 fully saturated rings. The molecule has 3 N–H and O–H groups in total. The summed E-state index contributed by atoms with van der Waals surface area (Å²) in [7, 11) is 0. The average Bonchev–Trinajstić information content (AvgIpc) is 3.10. The smallest absolute Gasteiger partial charge is 0.317 e. The first-order valence-corrected chi connectivity index (χ1v) is 8.53. The molecular weight excluding hydrogens is 322 g/mol. The molecule has 1 aromatic rings. The van der Waals surface area contributed by atoms with E-state index in [0.29, 0.717) is 25.2 Å². The first-order chi connectivity index (χ1) is 11.9. The van der Waals surface area contributed by atoms with Gasteiger partial charge in [0.05, 0.1) is 5.41 Å². The standard InChI is InChI=1S/C18H23N3O4/c1-12(22)20-15-6-2-4-13(8-15)9-19-17(25)21-10-14-5-3-7-18(14,11-21)16(23)24/h2,4,6,8,14H,3,5,7,9-11H2,1H3,(H,19,25)(H,20,22)(H,23,24)/t14-,18+/m0/s1. The van der Waals surface area contributed by atoms with Crippen molar-refractivity contribution in [1.82, 2.24) is 10.2 Å². The summed E-state index contributed by atoms with van der Waals surface area (Å²) >= 11 is 0. The number of urea groups is 1. The van der Waals surface area contributed by atoms with Gasteiger partial charge in [-0.1, -0.05) is 18.6 Å². The van der Waals surface area contributed by atoms with Crippen LogP contribution in [0.2, 0.25) is 0 Å². The molecule has 0 unspecified atom stereocenters. The van der Waals surface area contributed by atoms with Crippen molar-refractivity contribution in [1.29, 1.82) is 0 Å². The number of nitrogens with zero attached hydrogens (tertiary/aromatic N) is 1. The molecule has 2 atom stereocenters. The number of rotatable bonds is 4. The Balaban J connectivity index is 1.59. The predicted molar refractivity (Wildman–Crippen MR) is 92.0 cm³/mol. The van der Waals surface area contributed by atoms with Gasteiger partial charge < -0.3 is 20.6 Å². The number of fused-ring (bicyclic) bond motifs is 1. The minimum Gasteiger partial charge on any atom is -0.481 e. The molecule has 1 saturated heterocycles. The predicted octanol–water partition coefficient (Wildman–Crippen LogP) is 2.04. The Bertz CT molecular complexity index is 705. The molecule has 3 amide bonds. The zero-order chi connectivity index (χ0) is 18.0. The zero-order valence-corrected chi connectivity index (χ0v) is 14.2. The first-order valence-electron chi connectivity index (χ1n) is 8.53. The number of likely N-dealkylation sites (tertiary alicyclic amines) is 1. The fourth-order valence-corrected chi connectivity index (χ4v) is 4.05. The number of anilines is 1. The van der Waals surface area contributed by atoms with E-state index in [1.54, 1.807) is 17.0 Å². The maximum atomic E-state index is 12.4. The van der Waals surface area contributed by atoms with Gasteiger partial charge in [0.2, 0.25) is 5.91 Å². The number of carboxylic acids is 1. The number of nitrogens with one attached hydrogen (secondary N) is 2. The minimum atomic E-state index is -0.784. The van der Waals surface area contributed by atoms with Crippen molar-refractivity contribution >= 4 is 23.6 Å². The van der Waals surface area contributed by atoms with Gasteiger partial charge in [-0.2, -0.15) is 0 Å². The van der Waals surface area contributed by atoms with Crippen LogP contribution in [0.1, 0.15) is 31.7 Å². The summed E-state index contributed by atoms with van der Waals surface area (Å²) in [4.78, 5) is 36.8. The van der Waals surface area contributed by atoms with Gasteiger partial charge in [-0.15, -0.1) is 0 Å². The van der Waals surface area contributed by atoms with Crippen LogP contribution in [-0.4, -0.2) is 41.0 Å². The Kier molecular flexibility index (Phi) is 4.65. The zero-order valence-electron chi connectivity index (χ0n) is 14.2. The molecular formula is C18H23N3O4. The van der Waals surface area contributed by atoms with Crippen molar-refractivity contribution in [2.24, 2.45) is 11.3 Å². The van der Waals surface area contributed by atoms with Crippen LogP contribution in [0.3, 0.4) is 0 Å². The second kappa shape index (κ2) is 6.74. The third kappa shape index (κ3) is 3.45. The van der Waals surface area contributed by atoms with Crippen LogP contribution >= 0.6 is 0 Å². The van der Waals surface area contributed by atoms with E-state index in [0.717, 1.165) is 18.4 Å². The van der Waals surface area contributed by atoms with Crippen molar-refractivity contribution < 1.29 is 19.5 Å². The second-order valence-electron chi connectivity index (χ2n) is 6.97. The van der Waals surface area contributed by atoms with Gasteiger partial charge in [0.25, 0.3) is 0 Å². The first kappa shape index (κ1) is 17.3. The number of aliphatic carboxylic acids is 1. The van der Waals surface area contributed by atoms with Crippen LogP contribution in [0.25, 0.3) is 0 Å². The van der Waals surface area contributed by atoms with Crippen LogP contribution in [0.15, 0.2) is 24.3 Å². The number of hydrogen-bond acceptors (Lipinski definition) is 3. The number of hydrogen-bond donors (Lipinski definition) is 3. The van der Waals surface area contributed by atoms with Crippen LogP contribution in [0, 0.1) is 11.3 Å². The summed E-state index contributed by atoms with van der Waals surface area (Å²) in [5.41, 5.74) is 0.787. The summed E-state index contributed by atoms with van der Waals surface area (Å²) in [5.74, 6) is -0.879. The van der Waals surface area contributed by atoms with E-state index >= 15 is 0 Å². The third-order valence-electron chi connectivity index (χ3n) is 5.27. The molecule has 3 rings (SSSR count). The number of carbonyl (C=O) groups is 3. The van der Waals surface area contributed by atoms with Crippen LogP contribution in [-0.2, 0) is 16.1 Å². The van der Waals surface area contributed by atoms with E-state index in [2.05, 4.69) is 10.6 Å². The van der Waals surface area contributed by atoms with Gasteiger partial charge >= 0.3 is 12.0 Å². The number of carbonyl (C=O) groups excluding carboxylic acids is 2. The van der Waals surface area contributed by atoms with Crippen LogP contribution in [0.5, 0.6) is 0 Å². The molecule has 1 aliphatic carbocycles. The number of amides is 3. The van der Waals surface area contributed by atoms with Gasteiger partial charge in [0.15, 0.2) is 0 Å². The lowest BCUT2D eigenvalue weighted by molar-refractivity contribution is -0.149. The van der Waals surface area contributed by atoms with Crippen LogP contribution in [0.4, 0.5) is 10.5 Å². The lowest BCUT2D eigenvalue weighted by atomic mass is 9.81. The quantitative estimate of drug-likeness (QED) is 0.778. The number of carboxylic acid groups (broad SMARTS) is 1. The maximum Gasteiger partial charge on any atom is 0.317 e. The van der Waals surface area contributed by atoms with E-state index < -0.39 is 11.4 Å². The Morgan fingerprint density at radius 2 is 2.16 bits per heavy atom. The lowest BCUT2D eigenvalue weighted by Crippen LogP contribution is -2.41. The van der Waals surface area contributed by atoms with Crippen molar-refractivity contribution in [3.8, 4) is 0 Å². The summed E-state index contributed by atoms with van der Waals surface area (Å²) < 4.78 is 0. The van der Waals surface area contributed by atoms with E-state index in [1.165, 1.54) is 6.92 Å². The molecule has 1 heterocycles. The molecule has 7 nitrogen and oxygen atoms in total. The highest BCUT2D eigenvalue weighted by atomic mass is 16.4. The van der Waals surface area contributed by atoms with E-state index in [4.69, 9.17) is 0 Å². The molecule has 25 heavy (non-hydrogen) atoms. The molecule has 2 aliphatic rings. The van der Waals surface area contributed by atoms with Gasteiger partial charge in [0.1, 0.15) is 0 Å². The summed E-state index contributed by atoms with van der Waals surface area (Å²) in [6.45, 7) is 2.55. The highest BCUT2D eigenvalue weighted by Gasteiger charge is 2.55. The third-order valence-corrected chi connectivity index (χ3v) is 5.27. The van der Waals surface area contributed by atoms with Crippen molar-refractivity contribution in [2.75, 3.05) is 18.4 Å². The average molecular weight is 345 g/mol. The topological polar surface area (TPSA) is 98.7 Å². The SMILES string of the molecule is CC(=O)Nc1cccc(CNC(=O)N2C[C@@H]3CCC[C@@]3(C(=O)O)C2)c1. The van der Waals surface area contributed by atoms with Gasteiger partial charge in [-0.3, -0.25) is 9.59 Å². The molecule has 0 radical (unpaired) electrons. The maximum absolute atomic E-state index is 12.4. The van der Waals surface area contributed by atoms with Crippen molar-refractivity contribution in [3.05, 3.63) is 29.8 Å². The number of benzene rings is 1. The van der Waals surface area contributed by atoms with Crippen molar-refractivity contribution in [2.45, 2.75) is 32.7 Å². The summed E-state index contributed by atoms with van der Waals surface area (Å²) in [5, 5.41) is 15.1. The molecule has 1 saturated carbocycles. The van der Waals surface area contributed by atoms with Crippen LogP contribution < -0.4 is 10.6 Å². The van der Waals surface area contributed by atoms with E-state index in [-0.39, 0.29) is 24.4 Å². The van der Waals surface area contributed by atoms with E-state index in [9.17, 15) is 19.5 Å². The van der Waals surface area contributed by atoms with Gasteiger partial charge in [0, 0.05) is 32.2 Å². The Morgan fingerprint density at radius 1 is 1.36 bits per heavy atom. The summed E-state index contributed by atoms with van der Waals surface area (Å²) in [6, 6.07) is 7.03. The molecule has 1 aromatic carbocycles. The van der Waals surface area contributed by atoms with Gasteiger partial charge in [-0.05, 0) is 36.5 Å². The van der Waals surface area contributed by atoms with Gasteiger partial charge in [-0.25, -0.2) is 4.79 Å². The van der Waals surface area contributed by atoms with Crippen molar-refractivity contribution in [3.63, 3.8) is 0 Å².